The molecule has 0 fully saturated rings. The van der Waals surface area contributed by atoms with E-state index in [0.29, 0.717) is 5.69 Å². The number of aromatic nitrogens is 1. The number of esters is 2. The summed E-state index contributed by atoms with van der Waals surface area (Å²) < 4.78 is 4.42. The second kappa shape index (κ2) is 4.47. The van der Waals surface area contributed by atoms with Gasteiger partial charge in [-0.3, -0.25) is 4.79 Å². The highest BCUT2D eigenvalue weighted by molar-refractivity contribution is 7.07. The Morgan fingerprint density at radius 2 is 2.33 bits per heavy atom. The molecule has 0 bridgehead atoms. The largest absolute Gasteiger partial charge is 0.391 e. The molecular weight excluding hydrogens is 218 g/mol. The van der Waals surface area contributed by atoms with Crippen molar-refractivity contribution in [3.8, 4) is 0 Å². The van der Waals surface area contributed by atoms with Gasteiger partial charge in [-0.15, -0.1) is 11.3 Å². The molecule has 0 aliphatic heterocycles. The van der Waals surface area contributed by atoms with E-state index in [0.717, 1.165) is 0 Å². The summed E-state index contributed by atoms with van der Waals surface area (Å²) in [7, 11) is 0. The second-order valence-corrected chi connectivity index (χ2v) is 3.76. The van der Waals surface area contributed by atoms with E-state index >= 15 is 0 Å². The van der Waals surface area contributed by atoms with Crippen molar-refractivity contribution in [1.82, 2.24) is 4.98 Å². The Labute approximate surface area is 90.2 Å². The van der Waals surface area contributed by atoms with Crippen LogP contribution in [-0.4, -0.2) is 23.5 Å². The summed E-state index contributed by atoms with van der Waals surface area (Å²) in [6, 6.07) is 0. The van der Waals surface area contributed by atoms with Crippen molar-refractivity contribution >= 4 is 23.3 Å². The fourth-order valence-corrected chi connectivity index (χ4v) is 1.49. The monoisotopic (exact) mass is 229 g/mol. The topological polar surface area (TPSA) is 108 Å². The van der Waals surface area contributed by atoms with Crippen LogP contribution in [0.2, 0.25) is 0 Å². The molecule has 1 heterocycles. The average molecular weight is 229 g/mol. The van der Waals surface area contributed by atoms with Crippen molar-refractivity contribution < 1.29 is 14.3 Å². The van der Waals surface area contributed by atoms with Gasteiger partial charge in [-0.05, 0) is 6.92 Å². The van der Waals surface area contributed by atoms with Crippen LogP contribution in [0.1, 0.15) is 12.6 Å². The zero-order valence-electron chi connectivity index (χ0n) is 8.10. The number of thiazole rings is 1. The quantitative estimate of drug-likeness (QED) is 0.526. The predicted octanol–water partition coefficient (Wildman–Crippen LogP) is -0.654. The molecule has 7 heteroatoms. The maximum Gasteiger partial charge on any atom is 0.339 e. The molecule has 0 aliphatic carbocycles. The Bertz CT molecular complexity index is 361. The first-order valence-electron chi connectivity index (χ1n) is 4.11. The molecule has 82 valence electrons. The summed E-state index contributed by atoms with van der Waals surface area (Å²) >= 11 is 1.30. The van der Waals surface area contributed by atoms with Crippen LogP contribution >= 0.6 is 11.3 Å². The first-order chi connectivity index (χ1) is 6.98. The smallest absolute Gasteiger partial charge is 0.339 e. The minimum Gasteiger partial charge on any atom is -0.391 e. The van der Waals surface area contributed by atoms with Gasteiger partial charge in [0.05, 0.1) is 17.7 Å². The normalized spacial score (nSPS) is 14.3. The fraction of sp³-hybridized carbons (Fsp3) is 0.375. The number of hydrogen-bond donors (Lipinski definition) is 2. The number of ether oxygens (including phenoxy) is 1. The van der Waals surface area contributed by atoms with Crippen molar-refractivity contribution in [3.63, 3.8) is 0 Å². The zero-order chi connectivity index (χ0) is 11.5. The lowest BCUT2D eigenvalue weighted by atomic mass is 10.0. The van der Waals surface area contributed by atoms with Gasteiger partial charge in [0.1, 0.15) is 0 Å². The second-order valence-electron chi connectivity index (χ2n) is 3.04. The lowest BCUT2D eigenvalue weighted by molar-refractivity contribution is -0.162. The Hall–Kier alpha value is -1.31. The van der Waals surface area contributed by atoms with E-state index in [1.165, 1.54) is 18.3 Å². The standard InChI is InChI=1S/C8H11N3O3S/c1-8(10,5-3-15-4-11-5)7(13)14-6(12)2-9/h3-4H,2,9-10H2,1H3/t8-/m1/s1. The summed E-state index contributed by atoms with van der Waals surface area (Å²) in [6.45, 7) is 1.06. The van der Waals surface area contributed by atoms with E-state index in [1.807, 2.05) is 0 Å². The molecule has 0 aliphatic rings. The number of nitrogens with two attached hydrogens (primary N) is 2. The molecule has 6 nitrogen and oxygen atoms in total. The van der Waals surface area contributed by atoms with Gasteiger partial charge in [0.15, 0.2) is 5.54 Å². The molecule has 1 aromatic heterocycles. The van der Waals surface area contributed by atoms with Crippen molar-refractivity contribution in [2.45, 2.75) is 12.5 Å². The van der Waals surface area contributed by atoms with Crippen LogP contribution in [0.25, 0.3) is 0 Å². The predicted molar refractivity (Wildman–Crippen MR) is 53.8 cm³/mol. The van der Waals surface area contributed by atoms with E-state index < -0.39 is 17.5 Å². The molecule has 0 unspecified atom stereocenters. The van der Waals surface area contributed by atoms with Gasteiger partial charge in [0.25, 0.3) is 0 Å². The lowest BCUT2D eigenvalue weighted by Crippen LogP contribution is -2.44. The van der Waals surface area contributed by atoms with Crippen LogP contribution in [0.5, 0.6) is 0 Å². The Kier molecular flexibility index (Phi) is 3.51. The number of rotatable bonds is 3. The van der Waals surface area contributed by atoms with Crippen LogP contribution in [0.3, 0.4) is 0 Å². The SMILES string of the molecule is C[C@](N)(C(=O)OC(=O)CN)c1cscn1. The summed E-state index contributed by atoms with van der Waals surface area (Å²) in [6.07, 6.45) is 0. The maximum atomic E-state index is 11.5. The highest BCUT2D eigenvalue weighted by atomic mass is 32.1. The molecule has 0 spiro atoms. The third-order valence-corrected chi connectivity index (χ3v) is 2.35. The minimum atomic E-state index is -1.43. The molecule has 0 amide bonds. The molecule has 4 N–H and O–H groups in total. The van der Waals surface area contributed by atoms with Crippen molar-refractivity contribution in [3.05, 3.63) is 16.6 Å². The van der Waals surface area contributed by atoms with Gasteiger partial charge in [0.2, 0.25) is 0 Å². The summed E-state index contributed by atoms with van der Waals surface area (Å²) in [4.78, 5) is 26.2. The van der Waals surface area contributed by atoms with Gasteiger partial charge in [0, 0.05) is 5.38 Å². The summed E-state index contributed by atoms with van der Waals surface area (Å²) in [5.74, 6) is -1.67. The van der Waals surface area contributed by atoms with E-state index in [2.05, 4.69) is 9.72 Å². The van der Waals surface area contributed by atoms with E-state index in [1.54, 1.807) is 10.9 Å². The number of hydrogen-bond acceptors (Lipinski definition) is 7. The Morgan fingerprint density at radius 1 is 1.67 bits per heavy atom. The summed E-state index contributed by atoms with van der Waals surface area (Å²) in [5, 5.41) is 1.62. The van der Waals surface area contributed by atoms with Gasteiger partial charge >= 0.3 is 11.9 Å². The third-order valence-electron chi connectivity index (χ3n) is 1.76. The molecule has 0 saturated carbocycles. The maximum absolute atomic E-state index is 11.5. The van der Waals surface area contributed by atoms with Crippen LogP contribution in [0.15, 0.2) is 10.9 Å². The van der Waals surface area contributed by atoms with E-state index in [-0.39, 0.29) is 6.54 Å². The van der Waals surface area contributed by atoms with Crippen LogP contribution < -0.4 is 11.5 Å². The van der Waals surface area contributed by atoms with Crippen LogP contribution in [-0.2, 0) is 19.9 Å². The zero-order valence-corrected chi connectivity index (χ0v) is 8.91. The van der Waals surface area contributed by atoms with Gasteiger partial charge in [-0.25, -0.2) is 9.78 Å². The third kappa shape index (κ3) is 2.58. The van der Waals surface area contributed by atoms with Crippen molar-refractivity contribution in [1.29, 1.82) is 0 Å². The van der Waals surface area contributed by atoms with Crippen molar-refractivity contribution in [2.24, 2.45) is 11.5 Å². The molecule has 15 heavy (non-hydrogen) atoms. The van der Waals surface area contributed by atoms with Gasteiger partial charge < -0.3 is 16.2 Å². The first-order valence-corrected chi connectivity index (χ1v) is 5.05. The minimum absolute atomic E-state index is 0.362. The highest BCUT2D eigenvalue weighted by Gasteiger charge is 2.35. The number of carbonyl (C=O) groups excluding carboxylic acids is 2. The first kappa shape index (κ1) is 11.8. The van der Waals surface area contributed by atoms with Crippen LogP contribution in [0, 0.1) is 0 Å². The molecule has 1 aromatic rings. The Morgan fingerprint density at radius 3 is 2.80 bits per heavy atom. The van der Waals surface area contributed by atoms with Gasteiger partial charge in [-0.1, -0.05) is 0 Å². The molecule has 1 atom stereocenters. The molecule has 0 saturated heterocycles. The van der Waals surface area contributed by atoms with Crippen LogP contribution in [0.4, 0.5) is 0 Å². The van der Waals surface area contributed by atoms with E-state index in [4.69, 9.17) is 11.5 Å². The van der Waals surface area contributed by atoms with Crippen molar-refractivity contribution in [2.75, 3.05) is 6.54 Å². The Balaban J connectivity index is 2.78. The lowest BCUT2D eigenvalue weighted by Gasteiger charge is -2.19. The van der Waals surface area contributed by atoms with E-state index in [9.17, 15) is 9.59 Å². The highest BCUT2D eigenvalue weighted by Crippen LogP contribution is 2.18. The molecule has 0 radical (unpaired) electrons. The number of carbonyl (C=O) groups is 2. The summed E-state index contributed by atoms with van der Waals surface area (Å²) in [5.41, 5.74) is 11.2. The molecule has 1 rings (SSSR count). The molecule has 0 aromatic carbocycles. The van der Waals surface area contributed by atoms with Gasteiger partial charge in [-0.2, -0.15) is 0 Å². The molecular formula is C8H11N3O3S. The number of nitrogens with zero attached hydrogens (tertiary/aromatic N) is 1. The fourth-order valence-electron chi connectivity index (χ4n) is 0.825. The average Bonchev–Trinajstić information content (AvgIpc) is 2.70.